The predicted molar refractivity (Wildman–Crippen MR) is 88.2 cm³/mol. The van der Waals surface area contributed by atoms with Crippen molar-refractivity contribution < 1.29 is 0 Å². The summed E-state index contributed by atoms with van der Waals surface area (Å²) in [4.78, 5) is 18.2. The first-order valence-corrected chi connectivity index (χ1v) is 8.15. The topological polar surface area (TPSA) is 57.2 Å². The van der Waals surface area contributed by atoms with Crippen LogP contribution in [-0.2, 0) is 0 Å². The van der Waals surface area contributed by atoms with E-state index in [9.17, 15) is 0 Å². The molecule has 1 aliphatic rings. The summed E-state index contributed by atoms with van der Waals surface area (Å²) in [6.07, 6.45) is 4.04. The molecule has 0 amide bonds. The van der Waals surface area contributed by atoms with E-state index in [0.29, 0.717) is 5.95 Å². The summed E-state index contributed by atoms with van der Waals surface area (Å²) in [7, 11) is 1.85. The molecule has 0 bridgehead atoms. The summed E-state index contributed by atoms with van der Waals surface area (Å²) < 4.78 is 0. The van der Waals surface area contributed by atoms with Crippen molar-refractivity contribution in [1.29, 1.82) is 0 Å². The minimum absolute atomic E-state index is 0.647. The highest BCUT2D eigenvalue weighted by atomic mass is 15.4. The Morgan fingerprint density at radius 2 is 1.52 bits per heavy atom. The molecule has 1 fully saturated rings. The molecular weight excluding hydrogens is 264 g/mol. The van der Waals surface area contributed by atoms with Gasteiger partial charge in [-0.1, -0.05) is 6.42 Å². The Kier molecular flexibility index (Phi) is 5.59. The Labute approximate surface area is 128 Å². The largest absolute Gasteiger partial charge is 0.357 e. The minimum atomic E-state index is 0.647. The van der Waals surface area contributed by atoms with Crippen LogP contribution in [0.1, 0.15) is 40.0 Å². The van der Waals surface area contributed by atoms with Crippen molar-refractivity contribution in [1.82, 2.24) is 15.0 Å². The van der Waals surface area contributed by atoms with Gasteiger partial charge in [0.05, 0.1) is 0 Å². The van der Waals surface area contributed by atoms with E-state index in [1.54, 1.807) is 0 Å². The van der Waals surface area contributed by atoms with Gasteiger partial charge in [-0.15, -0.1) is 0 Å². The van der Waals surface area contributed by atoms with Crippen LogP contribution in [0, 0.1) is 5.92 Å². The first kappa shape index (κ1) is 15.8. The van der Waals surface area contributed by atoms with Gasteiger partial charge in [0.2, 0.25) is 17.8 Å². The molecule has 1 saturated carbocycles. The normalized spacial score (nSPS) is 14.7. The summed E-state index contributed by atoms with van der Waals surface area (Å²) in [5, 5.41) is 3.06. The van der Waals surface area contributed by atoms with Crippen molar-refractivity contribution in [2.24, 2.45) is 5.92 Å². The monoisotopic (exact) mass is 292 g/mol. The summed E-state index contributed by atoms with van der Waals surface area (Å²) in [5.41, 5.74) is 0. The molecule has 118 valence electrons. The van der Waals surface area contributed by atoms with E-state index in [1.165, 1.54) is 19.3 Å². The van der Waals surface area contributed by atoms with Crippen LogP contribution in [0.5, 0.6) is 0 Å². The summed E-state index contributed by atoms with van der Waals surface area (Å²) in [6.45, 7) is 10.2. The van der Waals surface area contributed by atoms with Crippen LogP contribution in [0.15, 0.2) is 0 Å². The van der Waals surface area contributed by atoms with Crippen molar-refractivity contribution in [3.8, 4) is 0 Å². The summed E-state index contributed by atoms with van der Waals surface area (Å²) in [5.74, 6) is 3.01. The van der Waals surface area contributed by atoms with Crippen LogP contribution in [0.2, 0.25) is 0 Å². The molecule has 0 aliphatic heterocycles. The fourth-order valence-corrected chi connectivity index (χ4v) is 2.59. The molecule has 21 heavy (non-hydrogen) atoms. The highest BCUT2D eigenvalue weighted by Gasteiger charge is 2.22. The molecule has 1 aromatic heterocycles. The van der Waals surface area contributed by atoms with Crippen LogP contribution in [-0.4, -0.2) is 48.2 Å². The zero-order valence-electron chi connectivity index (χ0n) is 13.8. The van der Waals surface area contributed by atoms with E-state index in [4.69, 9.17) is 4.98 Å². The van der Waals surface area contributed by atoms with Crippen molar-refractivity contribution in [2.75, 3.05) is 48.3 Å². The number of nitrogens with one attached hydrogen (secondary N) is 1. The number of hydrogen-bond donors (Lipinski definition) is 1. The van der Waals surface area contributed by atoms with E-state index >= 15 is 0 Å². The van der Waals surface area contributed by atoms with E-state index in [2.05, 4.69) is 45.9 Å². The SMILES string of the molecule is CCN(CC)c1nc(NC)nc(N(CC)CC2CCC2)n1. The molecule has 1 aliphatic carbocycles. The molecule has 6 heteroatoms. The van der Waals surface area contributed by atoms with Gasteiger partial charge >= 0.3 is 0 Å². The molecule has 0 spiro atoms. The van der Waals surface area contributed by atoms with Gasteiger partial charge in [0, 0.05) is 33.2 Å². The Hall–Kier alpha value is -1.59. The van der Waals surface area contributed by atoms with Crippen molar-refractivity contribution in [2.45, 2.75) is 40.0 Å². The third kappa shape index (κ3) is 3.74. The van der Waals surface area contributed by atoms with E-state index in [0.717, 1.165) is 44.0 Å². The molecule has 1 heterocycles. The maximum absolute atomic E-state index is 4.70. The fourth-order valence-electron chi connectivity index (χ4n) is 2.59. The first-order chi connectivity index (χ1) is 10.2. The van der Waals surface area contributed by atoms with E-state index < -0.39 is 0 Å². The Morgan fingerprint density at radius 3 is 1.95 bits per heavy atom. The molecule has 0 radical (unpaired) electrons. The standard InChI is InChI=1S/C15H28N6/c1-5-20(6-2)14-17-13(16-4)18-15(19-14)21(7-3)11-12-9-8-10-12/h12H,5-11H2,1-4H3,(H,16,17,18,19). The van der Waals surface area contributed by atoms with Crippen LogP contribution < -0.4 is 15.1 Å². The third-order valence-electron chi connectivity index (χ3n) is 4.25. The highest BCUT2D eigenvalue weighted by Crippen LogP contribution is 2.28. The zero-order valence-corrected chi connectivity index (χ0v) is 13.8. The van der Waals surface area contributed by atoms with Gasteiger partial charge in [0.1, 0.15) is 0 Å². The maximum Gasteiger partial charge on any atom is 0.231 e. The number of hydrogen-bond acceptors (Lipinski definition) is 6. The van der Waals surface area contributed by atoms with Gasteiger partial charge in [-0.2, -0.15) is 15.0 Å². The van der Waals surface area contributed by atoms with Crippen LogP contribution in [0.3, 0.4) is 0 Å². The molecule has 0 unspecified atom stereocenters. The Balaban J connectivity index is 2.24. The summed E-state index contributed by atoms with van der Waals surface area (Å²) in [6, 6.07) is 0. The maximum atomic E-state index is 4.70. The van der Waals surface area contributed by atoms with Gasteiger partial charge in [-0.05, 0) is 39.5 Å². The second-order valence-corrected chi connectivity index (χ2v) is 5.52. The Morgan fingerprint density at radius 1 is 0.952 bits per heavy atom. The van der Waals surface area contributed by atoms with Crippen molar-refractivity contribution >= 4 is 17.8 Å². The van der Waals surface area contributed by atoms with Gasteiger partial charge in [-0.3, -0.25) is 0 Å². The number of rotatable bonds is 8. The third-order valence-corrected chi connectivity index (χ3v) is 4.25. The lowest BCUT2D eigenvalue weighted by molar-refractivity contribution is 0.317. The Bertz CT molecular complexity index is 442. The van der Waals surface area contributed by atoms with Crippen LogP contribution >= 0.6 is 0 Å². The average Bonchev–Trinajstić information content (AvgIpc) is 2.47. The van der Waals surface area contributed by atoms with Crippen LogP contribution in [0.25, 0.3) is 0 Å². The first-order valence-electron chi connectivity index (χ1n) is 8.15. The smallest absolute Gasteiger partial charge is 0.231 e. The van der Waals surface area contributed by atoms with Crippen molar-refractivity contribution in [3.05, 3.63) is 0 Å². The molecule has 1 N–H and O–H groups in total. The molecule has 0 atom stereocenters. The van der Waals surface area contributed by atoms with Gasteiger partial charge in [0.15, 0.2) is 0 Å². The van der Waals surface area contributed by atoms with E-state index in [1.807, 2.05) is 7.05 Å². The lowest BCUT2D eigenvalue weighted by atomic mass is 9.85. The predicted octanol–water partition coefficient (Wildman–Crippen LogP) is 2.39. The van der Waals surface area contributed by atoms with Gasteiger partial charge < -0.3 is 15.1 Å². The second kappa shape index (κ2) is 7.43. The molecule has 0 aromatic carbocycles. The van der Waals surface area contributed by atoms with Gasteiger partial charge in [0.25, 0.3) is 0 Å². The number of anilines is 3. The number of nitrogens with zero attached hydrogens (tertiary/aromatic N) is 5. The fraction of sp³-hybridized carbons (Fsp3) is 0.800. The lowest BCUT2D eigenvalue weighted by Gasteiger charge is -2.32. The molecular formula is C15H28N6. The number of aromatic nitrogens is 3. The molecule has 6 nitrogen and oxygen atoms in total. The summed E-state index contributed by atoms with van der Waals surface area (Å²) >= 11 is 0. The minimum Gasteiger partial charge on any atom is -0.357 e. The molecule has 1 aromatic rings. The lowest BCUT2D eigenvalue weighted by Crippen LogP contribution is -2.34. The van der Waals surface area contributed by atoms with Crippen molar-refractivity contribution in [3.63, 3.8) is 0 Å². The molecule has 2 rings (SSSR count). The van der Waals surface area contributed by atoms with Crippen LogP contribution in [0.4, 0.5) is 17.8 Å². The quantitative estimate of drug-likeness (QED) is 0.794. The van der Waals surface area contributed by atoms with Gasteiger partial charge in [-0.25, -0.2) is 0 Å². The average molecular weight is 292 g/mol. The zero-order chi connectivity index (χ0) is 15.2. The molecule has 0 saturated heterocycles. The second-order valence-electron chi connectivity index (χ2n) is 5.52. The van der Waals surface area contributed by atoms with E-state index in [-0.39, 0.29) is 0 Å². The highest BCUT2D eigenvalue weighted by molar-refractivity contribution is 5.45.